The van der Waals surface area contributed by atoms with Crippen molar-refractivity contribution in [1.82, 2.24) is 4.98 Å². The van der Waals surface area contributed by atoms with Gasteiger partial charge in [0.15, 0.2) is 0 Å². The van der Waals surface area contributed by atoms with Crippen molar-refractivity contribution in [2.24, 2.45) is 0 Å². The van der Waals surface area contributed by atoms with E-state index in [-0.39, 0.29) is 5.82 Å². The zero-order chi connectivity index (χ0) is 13.0. The minimum Gasteiger partial charge on any atom is -0.468 e. The normalized spacial score (nSPS) is 10.3. The number of hydrogen-bond acceptors (Lipinski definition) is 2. The van der Waals surface area contributed by atoms with E-state index in [1.54, 1.807) is 6.07 Å². The lowest BCUT2D eigenvalue weighted by atomic mass is 10.0. The Kier molecular flexibility index (Phi) is 4.15. The molecule has 18 heavy (non-hydrogen) atoms. The Bertz CT molecular complexity index is 554. The maximum atomic E-state index is 13.2. The molecule has 1 N–H and O–H groups in total. The number of rotatable bonds is 5. The molecule has 5 heteroatoms. The van der Waals surface area contributed by atoms with Crippen LogP contribution in [0.15, 0.2) is 35.1 Å². The van der Waals surface area contributed by atoms with Gasteiger partial charge in [-0.3, -0.25) is 4.79 Å². The number of hydrogen-bond donors (Lipinski definition) is 1. The summed E-state index contributed by atoms with van der Waals surface area (Å²) in [6.45, 7) is 0.722. The first-order chi connectivity index (χ1) is 8.72. The first kappa shape index (κ1) is 12.8. The van der Waals surface area contributed by atoms with Gasteiger partial charge >= 0.3 is 0 Å². The van der Waals surface area contributed by atoms with Crippen molar-refractivity contribution in [2.75, 3.05) is 6.61 Å². The highest BCUT2D eigenvalue weighted by Crippen LogP contribution is 2.31. The Labute approximate surface area is 112 Å². The van der Waals surface area contributed by atoms with E-state index in [0.717, 1.165) is 21.3 Å². The summed E-state index contributed by atoms with van der Waals surface area (Å²) >= 11 is 3.40. The predicted octanol–water partition coefficient (Wildman–Crippen LogP) is 3.30. The number of aromatic nitrogens is 1. The molecule has 1 aromatic carbocycles. The van der Waals surface area contributed by atoms with Gasteiger partial charge in [-0.25, -0.2) is 4.39 Å². The number of H-pyrrole nitrogens is 1. The smallest absolute Gasteiger partial charge is 0.293 e. The molecule has 1 aromatic heterocycles. The summed E-state index contributed by atoms with van der Waals surface area (Å²) in [6, 6.07) is 6.37. The molecular formula is C13H11BrFNO2. The molecule has 0 aliphatic carbocycles. The van der Waals surface area contributed by atoms with Crippen molar-refractivity contribution in [2.45, 2.75) is 6.42 Å². The highest BCUT2D eigenvalue weighted by atomic mass is 79.9. The van der Waals surface area contributed by atoms with Crippen LogP contribution < -0.4 is 0 Å². The summed E-state index contributed by atoms with van der Waals surface area (Å²) in [5, 5.41) is 0. The van der Waals surface area contributed by atoms with Crippen LogP contribution in [0.25, 0.3) is 11.1 Å². The van der Waals surface area contributed by atoms with E-state index in [0.29, 0.717) is 19.5 Å². The molecule has 0 bridgehead atoms. The summed E-state index contributed by atoms with van der Waals surface area (Å²) < 4.78 is 18.7. The van der Waals surface area contributed by atoms with Gasteiger partial charge < -0.3 is 9.72 Å². The Balaban J connectivity index is 2.31. The fourth-order valence-electron chi connectivity index (χ4n) is 1.81. The molecule has 1 heterocycles. The van der Waals surface area contributed by atoms with Crippen LogP contribution in [-0.4, -0.2) is 18.1 Å². The Morgan fingerprint density at radius 2 is 2.28 bits per heavy atom. The molecule has 0 unspecified atom stereocenters. The van der Waals surface area contributed by atoms with E-state index >= 15 is 0 Å². The van der Waals surface area contributed by atoms with E-state index in [4.69, 9.17) is 0 Å². The van der Waals surface area contributed by atoms with Crippen LogP contribution in [0.2, 0.25) is 0 Å². The number of carbonyl (C=O) groups excluding carboxylic acids is 1. The molecule has 0 radical (unpaired) electrons. The van der Waals surface area contributed by atoms with Crippen LogP contribution in [-0.2, 0) is 16.0 Å². The second kappa shape index (κ2) is 5.82. The zero-order valence-electron chi connectivity index (χ0n) is 9.45. The summed E-state index contributed by atoms with van der Waals surface area (Å²) in [5.41, 5.74) is 2.64. The van der Waals surface area contributed by atoms with Gasteiger partial charge in [0.2, 0.25) is 0 Å². The molecule has 0 atom stereocenters. The van der Waals surface area contributed by atoms with E-state index in [1.807, 2.05) is 12.3 Å². The monoisotopic (exact) mass is 311 g/mol. The SMILES string of the molecule is O=COCCc1c[nH]c(Br)c1-c1cccc(F)c1. The predicted molar refractivity (Wildman–Crippen MR) is 69.6 cm³/mol. The van der Waals surface area contributed by atoms with Crippen molar-refractivity contribution in [3.63, 3.8) is 0 Å². The second-order valence-electron chi connectivity index (χ2n) is 3.73. The third kappa shape index (κ3) is 2.79. The van der Waals surface area contributed by atoms with E-state index in [1.165, 1.54) is 12.1 Å². The minimum atomic E-state index is -0.282. The van der Waals surface area contributed by atoms with Crippen molar-refractivity contribution in [3.05, 3.63) is 46.4 Å². The molecule has 2 aromatic rings. The lowest BCUT2D eigenvalue weighted by molar-refractivity contribution is -0.128. The van der Waals surface area contributed by atoms with Gasteiger partial charge in [-0.05, 0) is 39.2 Å². The topological polar surface area (TPSA) is 42.1 Å². The lowest BCUT2D eigenvalue weighted by Crippen LogP contribution is -1.97. The van der Waals surface area contributed by atoms with Crippen LogP contribution >= 0.6 is 15.9 Å². The largest absolute Gasteiger partial charge is 0.468 e. The van der Waals surface area contributed by atoms with Crippen LogP contribution in [0.3, 0.4) is 0 Å². The molecule has 0 fully saturated rings. The molecule has 0 amide bonds. The molecule has 0 aliphatic heterocycles. The average molecular weight is 312 g/mol. The van der Waals surface area contributed by atoms with Gasteiger partial charge in [0, 0.05) is 18.2 Å². The van der Waals surface area contributed by atoms with E-state index in [9.17, 15) is 9.18 Å². The highest BCUT2D eigenvalue weighted by molar-refractivity contribution is 9.10. The number of aromatic amines is 1. The van der Waals surface area contributed by atoms with Crippen LogP contribution in [0.4, 0.5) is 4.39 Å². The Morgan fingerprint density at radius 3 is 3.00 bits per heavy atom. The maximum Gasteiger partial charge on any atom is 0.293 e. The van der Waals surface area contributed by atoms with Crippen molar-refractivity contribution in [1.29, 1.82) is 0 Å². The summed E-state index contributed by atoms with van der Waals surface area (Å²) in [7, 11) is 0. The fourth-order valence-corrected chi connectivity index (χ4v) is 2.40. The molecule has 0 saturated carbocycles. The van der Waals surface area contributed by atoms with E-state index in [2.05, 4.69) is 25.7 Å². The lowest BCUT2D eigenvalue weighted by Gasteiger charge is -2.05. The summed E-state index contributed by atoms with van der Waals surface area (Å²) in [4.78, 5) is 13.1. The first-order valence-corrected chi connectivity index (χ1v) is 6.18. The molecule has 0 spiro atoms. The number of benzene rings is 1. The Morgan fingerprint density at radius 1 is 1.44 bits per heavy atom. The third-order valence-corrected chi connectivity index (χ3v) is 3.21. The second-order valence-corrected chi connectivity index (χ2v) is 4.52. The molecule has 0 saturated heterocycles. The molecular weight excluding hydrogens is 301 g/mol. The Hall–Kier alpha value is -1.62. The highest BCUT2D eigenvalue weighted by Gasteiger charge is 2.12. The van der Waals surface area contributed by atoms with E-state index < -0.39 is 0 Å². The molecule has 2 rings (SSSR count). The number of ether oxygens (including phenoxy) is 1. The number of halogens is 2. The summed E-state index contributed by atoms with van der Waals surface area (Å²) in [6.07, 6.45) is 2.39. The van der Waals surface area contributed by atoms with Gasteiger partial charge in [-0.15, -0.1) is 0 Å². The van der Waals surface area contributed by atoms with Gasteiger partial charge in [-0.1, -0.05) is 12.1 Å². The quantitative estimate of drug-likeness (QED) is 0.680. The van der Waals surface area contributed by atoms with Crippen molar-refractivity contribution < 1.29 is 13.9 Å². The zero-order valence-corrected chi connectivity index (χ0v) is 11.0. The summed E-state index contributed by atoms with van der Waals surface area (Å²) in [5.74, 6) is -0.282. The van der Waals surface area contributed by atoms with Gasteiger partial charge in [0.1, 0.15) is 5.82 Å². The standard InChI is InChI=1S/C13H11BrFNO2/c14-13-12(9-2-1-3-11(15)6-9)10(7-16-13)4-5-18-8-17/h1-3,6-8,16H,4-5H2. The average Bonchev–Trinajstić information content (AvgIpc) is 2.71. The molecule has 3 nitrogen and oxygen atoms in total. The van der Waals surface area contributed by atoms with Gasteiger partial charge in [-0.2, -0.15) is 0 Å². The van der Waals surface area contributed by atoms with Crippen molar-refractivity contribution >= 4 is 22.4 Å². The molecule has 0 aliphatic rings. The number of carbonyl (C=O) groups is 1. The maximum absolute atomic E-state index is 13.2. The third-order valence-electron chi connectivity index (χ3n) is 2.58. The van der Waals surface area contributed by atoms with Crippen LogP contribution in [0.5, 0.6) is 0 Å². The molecule has 94 valence electrons. The van der Waals surface area contributed by atoms with Crippen LogP contribution in [0, 0.1) is 5.82 Å². The number of nitrogens with one attached hydrogen (secondary N) is 1. The van der Waals surface area contributed by atoms with Gasteiger partial charge in [0.25, 0.3) is 6.47 Å². The first-order valence-electron chi connectivity index (χ1n) is 5.39. The van der Waals surface area contributed by atoms with Gasteiger partial charge in [0.05, 0.1) is 11.2 Å². The van der Waals surface area contributed by atoms with Crippen molar-refractivity contribution in [3.8, 4) is 11.1 Å². The minimum absolute atomic E-state index is 0.282. The van der Waals surface area contributed by atoms with Crippen LogP contribution in [0.1, 0.15) is 5.56 Å². The fraction of sp³-hybridized carbons (Fsp3) is 0.154.